The molecule has 0 atom stereocenters. The van der Waals surface area contributed by atoms with E-state index in [1.807, 2.05) is 0 Å². The van der Waals surface area contributed by atoms with Crippen molar-refractivity contribution in [3.8, 4) is 11.5 Å². The predicted octanol–water partition coefficient (Wildman–Crippen LogP) is 3.55. The van der Waals surface area contributed by atoms with Gasteiger partial charge in [0.1, 0.15) is 5.75 Å². The average Bonchev–Trinajstić information content (AvgIpc) is 2.40. The lowest BCUT2D eigenvalue weighted by molar-refractivity contribution is -0.385. The average molecular weight is 372 g/mol. The summed E-state index contributed by atoms with van der Waals surface area (Å²) >= 11 is 3.27. The summed E-state index contributed by atoms with van der Waals surface area (Å²) in [5, 5.41) is 11.1. The van der Waals surface area contributed by atoms with Crippen molar-refractivity contribution in [2.45, 2.75) is 4.90 Å². The van der Waals surface area contributed by atoms with Gasteiger partial charge in [-0.25, -0.2) is 8.42 Å². The lowest BCUT2D eigenvalue weighted by atomic mass is 10.3. The minimum atomic E-state index is -3.53. The van der Waals surface area contributed by atoms with Gasteiger partial charge in [0.25, 0.3) is 0 Å². The van der Waals surface area contributed by atoms with Gasteiger partial charge in [0.05, 0.1) is 14.3 Å². The zero-order valence-corrected chi connectivity index (χ0v) is 13.2. The van der Waals surface area contributed by atoms with Crippen LogP contribution in [0.5, 0.6) is 11.5 Å². The Kier molecular flexibility index (Phi) is 4.29. The summed E-state index contributed by atoms with van der Waals surface area (Å²) in [6.45, 7) is 0. The van der Waals surface area contributed by atoms with Crippen molar-refractivity contribution in [2.75, 3.05) is 6.26 Å². The summed E-state index contributed by atoms with van der Waals surface area (Å²) in [5.41, 5.74) is -0.409. The molecule has 2 aromatic carbocycles. The van der Waals surface area contributed by atoms with E-state index in [0.717, 1.165) is 12.3 Å². The molecule has 0 aliphatic carbocycles. The third-order valence-corrected chi connectivity index (χ3v) is 4.38. The van der Waals surface area contributed by atoms with Crippen LogP contribution in [0.3, 0.4) is 0 Å². The summed E-state index contributed by atoms with van der Waals surface area (Å²) in [6, 6.07) is 10.4. The second-order valence-electron chi connectivity index (χ2n) is 4.19. The van der Waals surface area contributed by atoms with Crippen LogP contribution in [0, 0.1) is 10.1 Å². The van der Waals surface area contributed by atoms with Crippen molar-refractivity contribution < 1.29 is 18.1 Å². The van der Waals surface area contributed by atoms with Gasteiger partial charge in [0, 0.05) is 12.3 Å². The number of nitro groups is 1. The van der Waals surface area contributed by atoms with Crippen molar-refractivity contribution >= 4 is 31.5 Å². The molecular weight excluding hydrogens is 362 g/mol. The lowest BCUT2D eigenvalue weighted by Gasteiger charge is -2.08. The summed E-state index contributed by atoms with van der Waals surface area (Å²) in [6.07, 6.45) is 0.986. The molecule has 110 valence electrons. The Morgan fingerprint density at radius 3 is 2.38 bits per heavy atom. The zero-order valence-electron chi connectivity index (χ0n) is 10.8. The van der Waals surface area contributed by atoms with Crippen molar-refractivity contribution in [1.82, 2.24) is 0 Å². The van der Waals surface area contributed by atoms with Gasteiger partial charge in [0.15, 0.2) is 9.84 Å². The van der Waals surface area contributed by atoms with Crippen LogP contribution in [0.4, 0.5) is 5.69 Å². The van der Waals surface area contributed by atoms with Gasteiger partial charge in [-0.15, -0.1) is 0 Å². The largest absolute Gasteiger partial charge is 0.449 e. The van der Waals surface area contributed by atoms with E-state index in [9.17, 15) is 18.5 Å². The Morgan fingerprint density at radius 2 is 1.81 bits per heavy atom. The Morgan fingerprint density at radius 1 is 1.14 bits per heavy atom. The predicted molar refractivity (Wildman–Crippen MR) is 80.4 cm³/mol. The number of hydrogen-bond donors (Lipinski definition) is 0. The van der Waals surface area contributed by atoms with E-state index in [-0.39, 0.29) is 10.6 Å². The summed E-state index contributed by atoms with van der Waals surface area (Å²) in [7, 11) is -3.53. The number of nitro benzene ring substituents is 1. The van der Waals surface area contributed by atoms with Crippen LogP contribution in [-0.4, -0.2) is 19.6 Å². The molecule has 2 rings (SSSR count). The first-order valence-electron chi connectivity index (χ1n) is 5.70. The van der Waals surface area contributed by atoms with E-state index in [2.05, 4.69) is 15.9 Å². The highest BCUT2D eigenvalue weighted by Gasteiger charge is 2.20. The highest BCUT2D eigenvalue weighted by Crippen LogP contribution is 2.36. The number of hydrogen-bond acceptors (Lipinski definition) is 5. The van der Waals surface area contributed by atoms with Crippen LogP contribution in [0.1, 0.15) is 0 Å². The Balaban J connectivity index is 2.50. The van der Waals surface area contributed by atoms with Crippen LogP contribution >= 0.6 is 15.9 Å². The van der Waals surface area contributed by atoms with Gasteiger partial charge < -0.3 is 4.74 Å². The molecule has 0 saturated heterocycles. The van der Waals surface area contributed by atoms with E-state index >= 15 is 0 Å². The summed E-state index contributed by atoms with van der Waals surface area (Å²) < 4.78 is 29.0. The quantitative estimate of drug-likeness (QED) is 0.605. The SMILES string of the molecule is CS(=O)(=O)c1ccc(Oc2ccccc2Br)c([N+](=O)[O-])c1. The molecule has 0 aliphatic heterocycles. The molecule has 0 saturated carbocycles. The number of rotatable bonds is 4. The van der Waals surface area contributed by atoms with E-state index in [1.54, 1.807) is 24.3 Å². The fourth-order valence-corrected chi connectivity index (χ4v) is 2.61. The molecule has 0 spiro atoms. The molecule has 0 N–H and O–H groups in total. The molecule has 6 nitrogen and oxygen atoms in total. The van der Waals surface area contributed by atoms with Crippen LogP contribution in [0.25, 0.3) is 0 Å². The van der Waals surface area contributed by atoms with E-state index in [4.69, 9.17) is 4.74 Å². The van der Waals surface area contributed by atoms with Gasteiger partial charge in [-0.3, -0.25) is 10.1 Å². The third kappa shape index (κ3) is 3.59. The second kappa shape index (κ2) is 5.82. The molecule has 0 aliphatic rings. The molecule has 0 heterocycles. The maximum atomic E-state index is 11.5. The Labute approximate surface area is 129 Å². The summed E-state index contributed by atoms with van der Waals surface area (Å²) in [4.78, 5) is 10.3. The first kappa shape index (κ1) is 15.5. The number of nitrogens with zero attached hydrogens (tertiary/aromatic N) is 1. The smallest absolute Gasteiger partial charge is 0.312 e. The van der Waals surface area contributed by atoms with Crippen molar-refractivity contribution in [3.05, 3.63) is 57.1 Å². The topological polar surface area (TPSA) is 86.5 Å². The lowest BCUT2D eigenvalue weighted by Crippen LogP contribution is -2.00. The molecular formula is C13H10BrNO5S. The van der Waals surface area contributed by atoms with Gasteiger partial charge in [-0.1, -0.05) is 12.1 Å². The molecule has 0 aromatic heterocycles. The van der Waals surface area contributed by atoms with Crippen LogP contribution in [-0.2, 0) is 9.84 Å². The highest BCUT2D eigenvalue weighted by molar-refractivity contribution is 9.10. The number of benzene rings is 2. The third-order valence-electron chi connectivity index (χ3n) is 2.61. The van der Waals surface area contributed by atoms with E-state index < -0.39 is 20.4 Å². The van der Waals surface area contributed by atoms with E-state index in [1.165, 1.54) is 12.1 Å². The standard InChI is InChI=1S/C13H10BrNO5S/c1-21(18,19)9-6-7-13(11(8-9)15(16)17)20-12-5-3-2-4-10(12)14/h2-8H,1H3. The number of sulfone groups is 1. The monoisotopic (exact) mass is 371 g/mol. The highest BCUT2D eigenvalue weighted by atomic mass is 79.9. The van der Waals surface area contributed by atoms with Crippen molar-refractivity contribution in [1.29, 1.82) is 0 Å². The van der Waals surface area contributed by atoms with Gasteiger partial charge in [-0.2, -0.15) is 0 Å². The molecule has 8 heteroatoms. The molecule has 0 unspecified atom stereocenters. The fraction of sp³-hybridized carbons (Fsp3) is 0.0769. The maximum absolute atomic E-state index is 11.5. The molecule has 2 aromatic rings. The Hall–Kier alpha value is -1.93. The fourth-order valence-electron chi connectivity index (χ4n) is 1.60. The molecule has 0 fully saturated rings. The second-order valence-corrected chi connectivity index (χ2v) is 7.06. The normalized spacial score (nSPS) is 11.1. The van der Waals surface area contributed by atoms with Gasteiger partial charge in [-0.05, 0) is 40.2 Å². The van der Waals surface area contributed by atoms with Crippen LogP contribution in [0.15, 0.2) is 51.8 Å². The summed E-state index contributed by atoms with van der Waals surface area (Å²) in [5.74, 6) is 0.368. The number of ether oxygens (including phenoxy) is 1. The van der Waals surface area contributed by atoms with Crippen LogP contribution < -0.4 is 4.74 Å². The van der Waals surface area contributed by atoms with Crippen molar-refractivity contribution in [3.63, 3.8) is 0 Å². The molecule has 0 bridgehead atoms. The maximum Gasteiger partial charge on any atom is 0.312 e. The van der Waals surface area contributed by atoms with Gasteiger partial charge >= 0.3 is 5.69 Å². The molecule has 21 heavy (non-hydrogen) atoms. The molecule has 0 radical (unpaired) electrons. The first-order chi connectivity index (χ1) is 9.79. The first-order valence-corrected chi connectivity index (χ1v) is 8.38. The molecule has 0 amide bonds. The van der Waals surface area contributed by atoms with Gasteiger partial charge in [0.2, 0.25) is 5.75 Å². The minimum absolute atomic E-state index is 0.0284. The van der Waals surface area contributed by atoms with Crippen molar-refractivity contribution in [2.24, 2.45) is 0 Å². The zero-order chi connectivity index (χ0) is 15.6. The number of halogens is 1. The van der Waals surface area contributed by atoms with E-state index in [0.29, 0.717) is 10.2 Å². The Bertz CT molecular complexity index is 804. The van der Waals surface area contributed by atoms with Crippen LogP contribution in [0.2, 0.25) is 0 Å². The number of para-hydroxylation sites is 1. The minimum Gasteiger partial charge on any atom is -0.449 e.